The van der Waals surface area contributed by atoms with Crippen LogP contribution in [0.1, 0.15) is 18.4 Å². The van der Waals surface area contributed by atoms with Gasteiger partial charge in [0.1, 0.15) is 5.82 Å². The van der Waals surface area contributed by atoms with Crippen LogP contribution >= 0.6 is 0 Å². The van der Waals surface area contributed by atoms with E-state index in [9.17, 15) is 22.8 Å². The van der Waals surface area contributed by atoms with Gasteiger partial charge in [-0.2, -0.15) is 0 Å². The molecule has 0 aromatic heterocycles. The van der Waals surface area contributed by atoms with E-state index < -0.39 is 23.5 Å². The SMILES string of the molecule is N[C@@H](CC(=O)N1CC2CC1CN2C(=O)N1CCOCC1)Cc1cc(F)c(F)cc1F. The number of nitrogens with zero attached hydrogens (tertiary/aromatic N) is 3. The molecule has 1 aromatic carbocycles. The van der Waals surface area contributed by atoms with Gasteiger partial charge in [0.05, 0.1) is 25.3 Å². The van der Waals surface area contributed by atoms with E-state index in [0.717, 1.165) is 12.5 Å². The number of ether oxygens (including phenoxy) is 1. The Labute approximate surface area is 172 Å². The number of halogens is 3. The quantitative estimate of drug-likeness (QED) is 0.732. The van der Waals surface area contributed by atoms with Crippen LogP contribution in [0, 0.1) is 17.5 Å². The van der Waals surface area contributed by atoms with E-state index in [1.165, 1.54) is 0 Å². The Morgan fingerprint density at radius 3 is 2.33 bits per heavy atom. The summed E-state index contributed by atoms with van der Waals surface area (Å²) in [6, 6.07) is 0.458. The highest BCUT2D eigenvalue weighted by Gasteiger charge is 2.48. The number of morpholine rings is 1. The standard InChI is InChI=1S/C20H25F3N4O3/c21-16-9-18(23)17(22)6-12(16)5-13(24)7-19(28)26-10-15-8-14(26)11-27(15)20(29)25-1-3-30-4-2-25/h6,9,13-15H,1-5,7-8,10-11,24H2/t13-,14?,15?/m1/s1. The van der Waals surface area contributed by atoms with Crippen molar-refractivity contribution in [1.29, 1.82) is 0 Å². The van der Waals surface area contributed by atoms with Crippen molar-refractivity contribution in [2.24, 2.45) is 5.73 Å². The second-order valence-corrected chi connectivity index (χ2v) is 8.15. The number of fused-ring (bicyclic) bond motifs is 2. The summed E-state index contributed by atoms with van der Waals surface area (Å²) in [6.07, 6.45) is 0.631. The van der Waals surface area contributed by atoms with Gasteiger partial charge in [-0.15, -0.1) is 0 Å². The zero-order valence-corrected chi connectivity index (χ0v) is 16.5. The highest BCUT2D eigenvalue weighted by molar-refractivity contribution is 5.80. The first-order valence-electron chi connectivity index (χ1n) is 10.1. The Hall–Kier alpha value is -2.33. The van der Waals surface area contributed by atoms with E-state index in [-0.39, 0.29) is 42.4 Å². The summed E-state index contributed by atoms with van der Waals surface area (Å²) in [7, 11) is 0. The van der Waals surface area contributed by atoms with Crippen LogP contribution in [0.15, 0.2) is 12.1 Å². The monoisotopic (exact) mass is 426 g/mol. The Bertz CT molecular complexity index is 834. The normalized spacial score (nSPS) is 24.5. The van der Waals surface area contributed by atoms with Crippen LogP contribution in [-0.4, -0.2) is 84.2 Å². The lowest BCUT2D eigenvalue weighted by molar-refractivity contribution is -0.133. The maximum Gasteiger partial charge on any atom is 0.320 e. The Balaban J connectivity index is 1.30. The molecule has 7 nitrogen and oxygen atoms in total. The largest absolute Gasteiger partial charge is 0.378 e. The number of likely N-dealkylation sites (tertiary alicyclic amines) is 2. The van der Waals surface area contributed by atoms with Crippen LogP contribution in [-0.2, 0) is 16.0 Å². The summed E-state index contributed by atoms with van der Waals surface area (Å²) in [5.41, 5.74) is 5.93. The summed E-state index contributed by atoms with van der Waals surface area (Å²) in [4.78, 5) is 30.8. The number of benzene rings is 1. The van der Waals surface area contributed by atoms with Crippen LogP contribution in [0.3, 0.4) is 0 Å². The molecule has 3 amide bonds. The topological polar surface area (TPSA) is 79.1 Å². The number of nitrogens with two attached hydrogens (primary N) is 1. The lowest BCUT2D eigenvalue weighted by atomic mass is 10.0. The molecule has 10 heteroatoms. The van der Waals surface area contributed by atoms with Gasteiger partial charge in [0.2, 0.25) is 5.91 Å². The van der Waals surface area contributed by atoms with Crippen LogP contribution < -0.4 is 5.73 Å². The van der Waals surface area contributed by atoms with Crippen molar-refractivity contribution in [2.75, 3.05) is 39.4 Å². The van der Waals surface area contributed by atoms with Gasteiger partial charge in [-0.05, 0) is 24.5 Å². The molecule has 0 saturated carbocycles. The Morgan fingerprint density at radius 1 is 1.03 bits per heavy atom. The molecule has 4 rings (SSSR count). The summed E-state index contributed by atoms with van der Waals surface area (Å²) in [5.74, 6) is -3.46. The zero-order valence-electron chi connectivity index (χ0n) is 16.5. The van der Waals surface area contributed by atoms with Gasteiger partial charge in [-0.1, -0.05) is 0 Å². The molecule has 2 N–H and O–H groups in total. The molecule has 3 heterocycles. The number of amides is 3. The van der Waals surface area contributed by atoms with Crippen LogP contribution in [0.4, 0.5) is 18.0 Å². The maximum absolute atomic E-state index is 13.8. The number of rotatable bonds is 4. The first-order valence-corrected chi connectivity index (χ1v) is 10.1. The molecule has 3 fully saturated rings. The van der Waals surface area contributed by atoms with E-state index in [4.69, 9.17) is 10.5 Å². The number of hydrogen-bond acceptors (Lipinski definition) is 4. The smallest absolute Gasteiger partial charge is 0.320 e. The van der Waals surface area contributed by atoms with Gasteiger partial charge in [0, 0.05) is 44.7 Å². The first kappa shape index (κ1) is 20.9. The molecular weight excluding hydrogens is 401 g/mol. The molecule has 2 unspecified atom stereocenters. The average Bonchev–Trinajstić information content (AvgIpc) is 3.33. The summed E-state index contributed by atoms with van der Waals surface area (Å²) < 4.78 is 45.5. The molecule has 0 spiro atoms. The number of piperazine rings is 1. The fourth-order valence-corrected chi connectivity index (χ4v) is 4.56. The van der Waals surface area contributed by atoms with Crippen molar-refractivity contribution in [1.82, 2.24) is 14.7 Å². The minimum atomic E-state index is -1.26. The Morgan fingerprint density at radius 2 is 1.67 bits per heavy atom. The van der Waals surface area contributed by atoms with Gasteiger partial charge < -0.3 is 25.2 Å². The second-order valence-electron chi connectivity index (χ2n) is 8.15. The predicted molar refractivity (Wildman–Crippen MR) is 101 cm³/mol. The van der Waals surface area contributed by atoms with Crippen molar-refractivity contribution < 1.29 is 27.5 Å². The van der Waals surface area contributed by atoms with E-state index >= 15 is 0 Å². The second kappa shape index (κ2) is 8.43. The molecule has 0 radical (unpaired) electrons. The molecule has 3 aliphatic heterocycles. The first-order chi connectivity index (χ1) is 14.3. The van der Waals surface area contributed by atoms with Crippen LogP contribution in [0.25, 0.3) is 0 Å². The van der Waals surface area contributed by atoms with Gasteiger partial charge in [0.15, 0.2) is 11.6 Å². The molecule has 3 saturated heterocycles. The average molecular weight is 426 g/mol. The predicted octanol–water partition coefficient (Wildman–Crippen LogP) is 1.10. The third-order valence-corrected chi connectivity index (χ3v) is 6.10. The fraction of sp³-hybridized carbons (Fsp3) is 0.600. The molecule has 2 bridgehead atoms. The lowest BCUT2D eigenvalue weighted by Gasteiger charge is -2.38. The van der Waals surface area contributed by atoms with E-state index in [1.54, 1.807) is 9.80 Å². The number of carbonyl (C=O) groups is 2. The van der Waals surface area contributed by atoms with Crippen molar-refractivity contribution in [3.8, 4) is 0 Å². The highest BCUT2D eigenvalue weighted by Crippen LogP contribution is 2.32. The third kappa shape index (κ3) is 4.11. The lowest BCUT2D eigenvalue weighted by Crippen LogP contribution is -2.56. The summed E-state index contributed by atoms with van der Waals surface area (Å²) in [5, 5.41) is 0. The minimum Gasteiger partial charge on any atom is -0.378 e. The van der Waals surface area contributed by atoms with Crippen molar-refractivity contribution in [3.63, 3.8) is 0 Å². The molecule has 164 valence electrons. The molecular formula is C20H25F3N4O3. The van der Waals surface area contributed by atoms with Crippen molar-refractivity contribution >= 4 is 11.9 Å². The van der Waals surface area contributed by atoms with Gasteiger partial charge in [0.25, 0.3) is 0 Å². The molecule has 0 aliphatic carbocycles. The minimum absolute atomic E-state index is 0.0107. The summed E-state index contributed by atoms with van der Waals surface area (Å²) in [6.45, 7) is 3.16. The van der Waals surface area contributed by atoms with Crippen LogP contribution in [0.2, 0.25) is 0 Å². The molecule has 1 aromatic rings. The van der Waals surface area contributed by atoms with Crippen LogP contribution in [0.5, 0.6) is 0 Å². The zero-order chi connectivity index (χ0) is 21.4. The third-order valence-electron chi connectivity index (χ3n) is 6.10. The van der Waals surface area contributed by atoms with Crippen molar-refractivity contribution in [2.45, 2.75) is 37.4 Å². The number of carbonyl (C=O) groups excluding carboxylic acids is 2. The Kier molecular flexibility index (Phi) is 5.88. The highest BCUT2D eigenvalue weighted by atomic mass is 19.2. The van der Waals surface area contributed by atoms with Gasteiger partial charge in [-0.25, -0.2) is 18.0 Å². The van der Waals surface area contributed by atoms with Gasteiger partial charge >= 0.3 is 6.03 Å². The number of urea groups is 1. The molecule has 30 heavy (non-hydrogen) atoms. The molecule has 3 aliphatic rings. The maximum atomic E-state index is 13.8. The summed E-state index contributed by atoms with van der Waals surface area (Å²) >= 11 is 0. The van der Waals surface area contributed by atoms with E-state index in [0.29, 0.717) is 45.5 Å². The number of hydrogen-bond donors (Lipinski definition) is 1. The van der Waals surface area contributed by atoms with E-state index in [2.05, 4.69) is 0 Å². The van der Waals surface area contributed by atoms with Crippen molar-refractivity contribution in [3.05, 3.63) is 35.1 Å². The molecule has 3 atom stereocenters. The van der Waals surface area contributed by atoms with Gasteiger partial charge in [-0.3, -0.25) is 4.79 Å². The fourth-order valence-electron chi connectivity index (χ4n) is 4.56. The van der Waals surface area contributed by atoms with E-state index in [1.807, 2.05) is 4.90 Å².